The maximum absolute atomic E-state index is 12.2. The van der Waals surface area contributed by atoms with Crippen molar-refractivity contribution < 1.29 is 17.7 Å². The lowest BCUT2D eigenvalue weighted by atomic mass is 10.1. The fraction of sp³-hybridized carbons (Fsp3) is 0.824. The van der Waals surface area contributed by atoms with Gasteiger partial charge in [-0.2, -0.15) is 4.98 Å². The van der Waals surface area contributed by atoms with Crippen molar-refractivity contribution in [1.82, 2.24) is 25.1 Å². The number of amides is 2. The molecule has 2 N–H and O–H groups in total. The topological polar surface area (TPSA) is 117 Å². The lowest BCUT2D eigenvalue weighted by molar-refractivity contribution is 0.180. The van der Waals surface area contributed by atoms with Crippen molar-refractivity contribution in [2.24, 2.45) is 0 Å². The number of sulfonamides is 1. The average molecular weight is 402 g/mol. The van der Waals surface area contributed by atoms with Gasteiger partial charge >= 0.3 is 6.03 Å². The summed E-state index contributed by atoms with van der Waals surface area (Å²) in [6.07, 6.45) is 3.21. The predicted molar refractivity (Wildman–Crippen MR) is 102 cm³/mol. The summed E-state index contributed by atoms with van der Waals surface area (Å²) in [5.74, 6) is 1.67. The van der Waals surface area contributed by atoms with Gasteiger partial charge in [0.05, 0.1) is 5.75 Å². The number of hydrogen-bond acceptors (Lipinski definition) is 6. The van der Waals surface area contributed by atoms with Crippen LogP contribution in [-0.2, 0) is 16.4 Å². The molecule has 27 heavy (non-hydrogen) atoms. The van der Waals surface area contributed by atoms with E-state index in [4.69, 9.17) is 4.52 Å². The minimum Gasteiger partial charge on any atom is -0.339 e. The Morgan fingerprint density at radius 3 is 2.63 bits per heavy atom. The molecule has 0 saturated carbocycles. The van der Waals surface area contributed by atoms with Crippen LogP contribution in [0.25, 0.3) is 0 Å². The zero-order valence-electron chi connectivity index (χ0n) is 16.4. The Morgan fingerprint density at radius 2 is 2.04 bits per heavy atom. The lowest BCUT2D eigenvalue weighted by Gasteiger charge is -2.32. The highest BCUT2D eigenvalue weighted by Crippen LogP contribution is 2.12. The first kappa shape index (κ1) is 21.6. The van der Waals surface area contributed by atoms with Crippen LogP contribution in [0.1, 0.15) is 64.1 Å². The third-order valence-corrected chi connectivity index (χ3v) is 6.08. The Bertz CT molecular complexity index is 696. The molecule has 1 saturated heterocycles. The van der Waals surface area contributed by atoms with Gasteiger partial charge in [-0.25, -0.2) is 17.9 Å². The van der Waals surface area contributed by atoms with Gasteiger partial charge in [-0.3, -0.25) is 0 Å². The molecule has 0 unspecified atom stereocenters. The van der Waals surface area contributed by atoms with E-state index < -0.39 is 10.0 Å². The fourth-order valence-corrected chi connectivity index (χ4v) is 4.33. The second-order valence-electron chi connectivity index (χ2n) is 7.23. The van der Waals surface area contributed by atoms with Crippen molar-refractivity contribution in [1.29, 1.82) is 0 Å². The van der Waals surface area contributed by atoms with Crippen LogP contribution in [0.3, 0.4) is 0 Å². The van der Waals surface area contributed by atoms with Crippen molar-refractivity contribution in [2.45, 2.75) is 64.8 Å². The summed E-state index contributed by atoms with van der Waals surface area (Å²) in [5.41, 5.74) is 0. The van der Waals surface area contributed by atoms with E-state index in [1.54, 1.807) is 4.90 Å². The minimum atomic E-state index is -3.21. The average Bonchev–Trinajstić information content (AvgIpc) is 3.08. The van der Waals surface area contributed by atoms with Crippen molar-refractivity contribution in [3.8, 4) is 0 Å². The number of likely N-dealkylation sites (tertiary alicyclic amines) is 1. The fourth-order valence-electron chi connectivity index (χ4n) is 2.93. The normalized spacial score (nSPS) is 16.1. The summed E-state index contributed by atoms with van der Waals surface area (Å²) in [4.78, 5) is 18.3. The van der Waals surface area contributed by atoms with Gasteiger partial charge in [0.1, 0.15) is 0 Å². The number of aryl methyl sites for hydroxylation is 1. The molecule has 0 spiro atoms. The molecule has 0 aliphatic carbocycles. The van der Waals surface area contributed by atoms with Gasteiger partial charge in [-0.05, 0) is 25.7 Å². The number of urea groups is 1. The summed E-state index contributed by atoms with van der Waals surface area (Å²) >= 11 is 0. The highest BCUT2D eigenvalue weighted by Gasteiger charge is 2.25. The van der Waals surface area contributed by atoms with Crippen LogP contribution in [0.2, 0.25) is 0 Å². The molecule has 9 nitrogen and oxygen atoms in total. The van der Waals surface area contributed by atoms with Crippen molar-refractivity contribution in [2.75, 3.05) is 25.4 Å². The number of hydrogen-bond donors (Lipinski definition) is 2. The molecule has 0 aromatic carbocycles. The molecule has 1 fully saturated rings. The molecule has 1 aromatic heterocycles. The highest BCUT2D eigenvalue weighted by atomic mass is 32.2. The van der Waals surface area contributed by atoms with Crippen LogP contribution in [-0.4, -0.2) is 60.9 Å². The highest BCUT2D eigenvalue weighted by molar-refractivity contribution is 7.89. The van der Waals surface area contributed by atoms with Gasteiger partial charge in [-0.1, -0.05) is 25.9 Å². The number of aromatic nitrogens is 2. The summed E-state index contributed by atoms with van der Waals surface area (Å²) < 4.78 is 31.6. The van der Waals surface area contributed by atoms with Gasteiger partial charge in [0, 0.05) is 38.0 Å². The number of piperidine rings is 1. The number of carbonyl (C=O) groups excluding carboxylic acids is 1. The molecule has 1 aliphatic rings. The standard InChI is InChI=1S/C17H31N5O4S/c1-4-12-27(24,25)21-14-7-10-22(11-8-14)17(23)18-9-5-6-15-19-16(13(2)3)20-26-15/h13-14,21H,4-12H2,1-3H3,(H,18,23). The van der Waals surface area contributed by atoms with E-state index >= 15 is 0 Å². The minimum absolute atomic E-state index is 0.0849. The van der Waals surface area contributed by atoms with Gasteiger partial charge in [-0.15, -0.1) is 0 Å². The SMILES string of the molecule is CCCS(=O)(=O)NC1CCN(C(=O)NCCCc2nc(C(C)C)no2)CC1. The second kappa shape index (κ2) is 10.0. The van der Waals surface area contributed by atoms with Crippen LogP contribution in [0.15, 0.2) is 4.52 Å². The lowest BCUT2D eigenvalue weighted by Crippen LogP contribution is -2.49. The Hall–Kier alpha value is -1.68. The largest absolute Gasteiger partial charge is 0.339 e. The van der Waals surface area contributed by atoms with E-state index in [0.717, 1.165) is 6.42 Å². The zero-order chi connectivity index (χ0) is 19.9. The molecule has 1 aliphatic heterocycles. The molecule has 2 rings (SSSR count). The summed E-state index contributed by atoms with van der Waals surface area (Å²) in [7, 11) is -3.21. The summed E-state index contributed by atoms with van der Waals surface area (Å²) in [5, 5.41) is 6.81. The molecule has 154 valence electrons. The first-order valence-electron chi connectivity index (χ1n) is 9.66. The molecule has 1 aromatic rings. The summed E-state index contributed by atoms with van der Waals surface area (Å²) in [6.45, 7) is 7.48. The van der Waals surface area contributed by atoms with Gasteiger partial charge in [0.15, 0.2) is 5.82 Å². The quantitative estimate of drug-likeness (QED) is 0.607. The molecular weight excluding hydrogens is 370 g/mol. The molecule has 0 bridgehead atoms. The number of nitrogens with zero attached hydrogens (tertiary/aromatic N) is 3. The summed E-state index contributed by atoms with van der Waals surface area (Å²) in [6, 6.07) is -0.198. The van der Waals surface area contributed by atoms with E-state index in [1.807, 2.05) is 20.8 Å². The first-order chi connectivity index (χ1) is 12.8. The van der Waals surface area contributed by atoms with Crippen LogP contribution in [0, 0.1) is 0 Å². The smallest absolute Gasteiger partial charge is 0.317 e. The van der Waals surface area contributed by atoms with E-state index in [9.17, 15) is 13.2 Å². The molecule has 2 amide bonds. The van der Waals surface area contributed by atoms with E-state index in [1.165, 1.54) is 0 Å². The Balaban J connectivity index is 1.64. The maximum atomic E-state index is 12.2. The maximum Gasteiger partial charge on any atom is 0.317 e. The number of nitrogens with one attached hydrogen (secondary N) is 2. The molecule has 2 heterocycles. The second-order valence-corrected chi connectivity index (χ2v) is 9.11. The Kier molecular flexibility index (Phi) is 8.03. The van der Waals surface area contributed by atoms with Crippen molar-refractivity contribution in [3.63, 3.8) is 0 Å². The zero-order valence-corrected chi connectivity index (χ0v) is 17.2. The van der Waals surface area contributed by atoms with Crippen LogP contribution < -0.4 is 10.0 Å². The number of carbonyl (C=O) groups is 1. The van der Waals surface area contributed by atoms with Crippen LogP contribution >= 0.6 is 0 Å². The Labute approximate surface area is 161 Å². The molecule has 0 atom stereocenters. The predicted octanol–water partition coefficient (Wildman–Crippen LogP) is 1.63. The van der Waals surface area contributed by atoms with E-state index in [0.29, 0.717) is 57.0 Å². The van der Waals surface area contributed by atoms with Crippen LogP contribution in [0.5, 0.6) is 0 Å². The molecular formula is C17H31N5O4S. The van der Waals surface area contributed by atoms with E-state index in [2.05, 4.69) is 20.2 Å². The van der Waals surface area contributed by atoms with Crippen LogP contribution in [0.4, 0.5) is 4.79 Å². The Morgan fingerprint density at radius 1 is 1.33 bits per heavy atom. The van der Waals surface area contributed by atoms with Gasteiger partial charge in [0.25, 0.3) is 0 Å². The molecule has 10 heteroatoms. The third kappa shape index (κ3) is 7.10. The third-order valence-electron chi connectivity index (χ3n) is 4.45. The first-order valence-corrected chi connectivity index (χ1v) is 11.3. The van der Waals surface area contributed by atoms with Gasteiger partial charge < -0.3 is 14.7 Å². The number of rotatable bonds is 9. The van der Waals surface area contributed by atoms with Crippen molar-refractivity contribution in [3.05, 3.63) is 11.7 Å². The molecule has 0 radical (unpaired) electrons. The van der Waals surface area contributed by atoms with E-state index in [-0.39, 0.29) is 23.7 Å². The van der Waals surface area contributed by atoms with Gasteiger partial charge in [0.2, 0.25) is 15.9 Å². The monoisotopic (exact) mass is 401 g/mol. The van der Waals surface area contributed by atoms with Crippen molar-refractivity contribution >= 4 is 16.1 Å².